The molecule has 0 bridgehead atoms. The first-order chi connectivity index (χ1) is 20.6. The average molecular weight is 648 g/mol. The van der Waals surface area contributed by atoms with Crippen molar-refractivity contribution in [3.05, 3.63) is 62.6 Å². The van der Waals surface area contributed by atoms with E-state index < -0.39 is 16.1 Å². The summed E-state index contributed by atoms with van der Waals surface area (Å²) in [4.78, 5) is 47.7. The number of amides is 3. The second-order valence-corrected chi connectivity index (χ2v) is 14.8. The largest absolute Gasteiger partial charge is 0.337 e. The first-order valence-electron chi connectivity index (χ1n) is 14.7. The van der Waals surface area contributed by atoms with Crippen LogP contribution in [0.1, 0.15) is 47.3 Å². The van der Waals surface area contributed by atoms with Gasteiger partial charge in [0.2, 0.25) is 21.8 Å². The Hall–Kier alpha value is -2.77. The van der Waals surface area contributed by atoms with E-state index >= 15 is 0 Å². The predicted molar refractivity (Wildman–Crippen MR) is 168 cm³/mol. The van der Waals surface area contributed by atoms with Gasteiger partial charge in [-0.05, 0) is 62.4 Å². The van der Waals surface area contributed by atoms with Gasteiger partial charge in [-0.3, -0.25) is 19.3 Å². The standard InChI is InChI=1S/C30H38ClN5O5S2/c1-33(29(38)22-7-3-2-4-8-22)23-13-17-34(19-23)20-24-9-5-16-36(24)28(37)21-35-15-6-10-26(30(35)39)32-43(40,41)18-14-25-11-12-27(31)42-25/h2-4,7-8,11-12,14,18,23-24,26,32H,5-6,9-10,13,15-17,19-21H2,1H3/b18-14+/t23?,24-,26-/m0/s1. The van der Waals surface area contributed by atoms with E-state index in [1.54, 1.807) is 12.1 Å². The maximum atomic E-state index is 13.4. The van der Waals surface area contributed by atoms with Crippen LogP contribution in [0.25, 0.3) is 6.08 Å². The van der Waals surface area contributed by atoms with Crippen molar-refractivity contribution in [1.29, 1.82) is 0 Å². The highest BCUT2D eigenvalue weighted by molar-refractivity contribution is 7.92. The van der Waals surface area contributed by atoms with Crippen LogP contribution in [0.2, 0.25) is 4.34 Å². The molecule has 1 aromatic carbocycles. The van der Waals surface area contributed by atoms with Crippen molar-refractivity contribution in [2.75, 3.05) is 46.3 Å². The SMILES string of the molecule is CN(C(=O)c1ccccc1)C1CCN(C[C@@H]2CCCN2C(=O)CN2CCC[C@H](NS(=O)(=O)/C=C/c3ccc(Cl)s3)C2=O)C1. The molecule has 4 heterocycles. The van der Waals surface area contributed by atoms with Crippen molar-refractivity contribution in [3.8, 4) is 0 Å². The molecule has 3 saturated heterocycles. The van der Waals surface area contributed by atoms with Gasteiger partial charge >= 0.3 is 0 Å². The number of sulfonamides is 1. The summed E-state index contributed by atoms with van der Waals surface area (Å²) in [5.41, 5.74) is 0.679. The van der Waals surface area contributed by atoms with Gasteiger partial charge < -0.3 is 14.7 Å². The van der Waals surface area contributed by atoms with E-state index in [-0.39, 0.29) is 36.3 Å². The molecule has 3 fully saturated rings. The summed E-state index contributed by atoms with van der Waals surface area (Å²) in [7, 11) is -2.01. The fourth-order valence-corrected chi connectivity index (χ4v) is 8.24. The van der Waals surface area contributed by atoms with Crippen molar-refractivity contribution in [1.82, 2.24) is 24.3 Å². The number of hydrogen-bond donors (Lipinski definition) is 1. The topological polar surface area (TPSA) is 110 Å². The van der Waals surface area contributed by atoms with Crippen LogP contribution in [-0.4, -0.2) is 110 Å². The molecule has 0 saturated carbocycles. The molecule has 1 N–H and O–H groups in total. The maximum absolute atomic E-state index is 13.4. The number of nitrogens with zero attached hydrogens (tertiary/aromatic N) is 4. The quantitative estimate of drug-likeness (QED) is 0.425. The molecule has 2 aromatic rings. The highest BCUT2D eigenvalue weighted by atomic mass is 35.5. The molecule has 5 rings (SSSR count). The molecule has 3 aliphatic rings. The van der Waals surface area contributed by atoms with Crippen LogP contribution >= 0.6 is 22.9 Å². The average Bonchev–Trinajstić information content (AvgIpc) is 3.75. The molecule has 3 amide bonds. The molecular weight excluding hydrogens is 610 g/mol. The molecule has 1 unspecified atom stereocenters. The van der Waals surface area contributed by atoms with Gasteiger partial charge in [0, 0.05) is 67.7 Å². The molecule has 0 radical (unpaired) electrons. The molecule has 3 aliphatic heterocycles. The third-order valence-electron chi connectivity index (χ3n) is 8.47. The summed E-state index contributed by atoms with van der Waals surface area (Å²) in [6, 6.07) is 12.0. The molecule has 10 nitrogen and oxygen atoms in total. The molecule has 1 aromatic heterocycles. The van der Waals surface area contributed by atoms with E-state index in [2.05, 4.69) is 9.62 Å². The lowest BCUT2D eigenvalue weighted by atomic mass is 10.1. The molecule has 3 atom stereocenters. The van der Waals surface area contributed by atoms with Gasteiger partial charge in [-0.1, -0.05) is 29.8 Å². The zero-order valence-corrected chi connectivity index (χ0v) is 26.6. The van der Waals surface area contributed by atoms with Crippen LogP contribution in [-0.2, 0) is 19.6 Å². The van der Waals surface area contributed by atoms with Crippen LogP contribution in [0, 0.1) is 0 Å². The fraction of sp³-hybridized carbons (Fsp3) is 0.500. The summed E-state index contributed by atoms with van der Waals surface area (Å²) >= 11 is 7.17. The zero-order chi connectivity index (χ0) is 30.6. The smallest absolute Gasteiger partial charge is 0.253 e. The number of nitrogens with one attached hydrogen (secondary N) is 1. The Kier molecular flexibility index (Phi) is 10.2. The predicted octanol–water partition coefficient (Wildman–Crippen LogP) is 3.12. The van der Waals surface area contributed by atoms with Crippen molar-refractivity contribution in [3.63, 3.8) is 0 Å². The monoisotopic (exact) mass is 647 g/mol. The Labute approximate surface area is 262 Å². The minimum atomic E-state index is -3.86. The van der Waals surface area contributed by atoms with Gasteiger partial charge in [-0.15, -0.1) is 11.3 Å². The van der Waals surface area contributed by atoms with E-state index in [0.717, 1.165) is 44.3 Å². The number of likely N-dealkylation sites (tertiary alicyclic amines) is 3. The van der Waals surface area contributed by atoms with Crippen LogP contribution in [0.3, 0.4) is 0 Å². The molecule has 13 heteroatoms. The van der Waals surface area contributed by atoms with Gasteiger partial charge in [0.25, 0.3) is 5.91 Å². The maximum Gasteiger partial charge on any atom is 0.253 e. The first-order valence-corrected chi connectivity index (χ1v) is 17.4. The van der Waals surface area contributed by atoms with E-state index in [9.17, 15) is 22.8 Å². The van der Waals surface area contributed by atoms with Crippen molar-refractivity contribution >= 4 is 56.8 Å². The van der Waals surface area contributed by atoms with Crippen molar-refractivity contribution in [2.45, 2.75) is 50.2 Å². The van der Waals surface area contributed by atoms with E-state index in [4.69, 9.17) is 11.6 Å². The van der Waals surface area contributed by atoms with Crippen LogP contribution in [0.4, 0.5) is 0 Å². The van der Waals surface area contributed by atoms with Gasteiger partial charge in [-0.25, -0.2) is 8.42 Å². The number of piperidine rings is 1. The van der Waals surface area contributed by atoms with Gasteiger partial charge in [-0.2, -0.15) is 4.72 Å². The zero-order valence-electron chi connectivity index (χ0n) is 24.2. The van der Waals surface area contributed by atoms with Gasteiger partial charge in [0.15, 0.2) is 0 Å². The van der Waals surface area contributed by atoms with Crippen molar-refractivity contribution in [2.24, 2.45) is 0 Å². The minimum Gasteiger partial charge on any atom is -0.337 e. The number of benzene rings is 1. The number of rotatable bonds is 10. The number of thiophene rings is 1. The van der Waals surface area contributed by atoms with Crippen LogP contribution in [0.15, 0.2) is 47.9 Å². The molecule has 43 heavy (non-hydrogen) atoms. The second kappa shape index (κ2) is 13.9. The molecule has 0 spiro atoms. The summed E-state index contributed by atoms with van der Waals surface area (Å²) in [5.74, 6) is -0.471. The van der Waals surface area contributed by atoms with E-state index in [1.165, 1.54) is 22.3 Å². The Bertz CT molecular complexity index is 1450. The fourth-order valence-electron chi connectivity index (χ4n) is 6.17. The second-order valence-electron chi connectivity index (χ2n) is 11.4. The Morgan fingerprint density at radius 1 is 1.07 bits per heavy atom. The van der Waals surface area contributed by atoms with E-state index in [0.29, 0.717) is 40.7 Å². The van der Waals surface area contributed by atoms with Gasteiger partial charge in [0.05, 0.1) is 10.9 Å². The summed E-state index contributed by atoms with van der Waals surface area (Å²) in [5, 5.41) is 1.04. The highest BCUT2D eigenvalue weighted by Gasteiger charge is 2.37. The number of hydrogen-bond acceptors (Lipinski definition) is 7. The third kappa shape index (κ3) is 8.04. The first kappa shape index (κ1) is 31.6. The van der Waals surface area contributed by atoms with E-state index in [1.807, 2.05) is 47.2 Å². The molecule has 0 aliphatic carbocycles. The normalized spacial score (nSPS) is 23.4. The third-order valence-corrected chi connectivity index (χ3v) is 10.8. The summed E-state index contributed by atoms with van der Waals surface area (Å²) in [6.07, 6.45) is 5.10. The minimum absolute atomic E-state index is 0.0142. The molecular formula is C30H38ClN5O5S2. The Morgan fingerprint density at radius 2 is 1.84 bits per heavy atom. The summed E-state index contributed by atoms with van der Waals surface area (Å²) in [6.45, 7) is 3.34. The number of likely N-dealkylation sites (N-methyl/N-ethyl adjacent to an activating group) is 1. The van der Waals surface area contributed by atoms with Crippen LogP contribution in [0.5, 0.6) is 0 Å². The number of halogens is 1. The summed E-state index contributed by atoms with van der Waals surface area (Å²) < 4.78 is 28.3. The van der Waals surface area contributed by atoms with Crippen molar-refractivity contribution < 1.29 is 22.8 Å². The number of carbonyl (C=O) groups excluding carboxylic acids is 3. The lowest BCUT2D eigenvalue weighted by molar-refractivity contribution is -0.143. The lowest BCUT2D eigenvalue weighted by Crippen LogP contribution is -2.55. The molecule has 232 valence electrons. The Morgan fingerprint density at radius 3 is 2.58 bits per heavy atom. The highest BCUT2D eigenvalue weighted by Crippen LogP contribution is 2.25. The lowest BCUT2D eigenvalue weighted by Gasteiger charge is -2.34. The van der Waals surface area contributed by atoms with Crippen LogP contribution < -0.4 is 4.72 Å². The van der Waals surface area contributed by atoms with Gasteiger partial charge in [0.1, 0.15) is 6.04 Å². The Balaban J connectivity index is 1.12. The number of carbonyl (C=O) groups is 3.